The van der Waals surface area contributed by atoms with E-state index in [1.807, 2.05) is 0 Å². The SMILES string of the molecule is Nc1ncc(Cl)cc1-c1ccc(Oc2ncc(NC(=O)Nc3cc(C(F)(F)F)ccc3Cl)cn2)cc1. The minimum absolute atomic E-state index is 0.00133. The summed E-state index contributed by atoms with van der Waals surface area (Å²) < 4.78 is 44.3. The summed E-state index contributed by atoms with van der Waals surface area (Å²) in [5.41, 5.74) is 6.36. The Kier molecular flexibility index (Phi) is 7.13. The van der Waals surface area contributed by atoms with Crippen LogP contribution in [0.25, 0.3) is 11.1 Å². The van der Waals surface area contributed by atoms with Crippen molar-refractivity contribution >= 4 is 46.4 Å². The maximum atomic E-state index is 12.9. The highest BCUT2D eigenvalue weighted by Gasteiger charge is 2.31. The Hall–Kier alpha value is -4.09. The summed E-state index contributed by atoms with van der Waals surface area (Å²) in [6, 6.07) is 10.3. The molecule has 0 fully saturated rings. The quantitative estimate of drug-likeness (QED) is 0.257. The molecule has 0 saturated carbocycles. The van der Waals surface area contributed by atoms with Crippen LogP contribution in [0.4, 0.5) is 35.2 Å². The van der Waals surface area contributed by atoms with Crippen molar-refractivity contribution in [2.75, 3.05) is 16.4 Å². The molecule has 13 heteroatoms. The molecule has 0 bridgehead atoms. The number of carbonyl (C=O) groups excluding carboxylic acids is 1. The molecule has 0 aliphatic carbocycles. The molecule has 8 nitrogen and oxygen atoms in total. The summed E-state index contributed by atoms with van der Waals surface area (Å²) >= 11 is 11.9. The van der Waals surface area contributed by atoms with E-state index in [9.17, 15) is 18.0 Å². The summed E-state index contributed by atoms with van der Waals surface area (Å²) in [5.74, 6) is 0.767. The average Bonchev–Trinajstić information content (AvgIpc) is 2.83. The number of rotatable bonds is 5. The van der Waals surface area contributed by atoms with Gasteiger partial charge in [-0.3, -0.25) is 0 Å². The van der Waals surface area contributed by atoms with Gasteiger partial charge in [0.25, 0.3) is 0 Å². The number of hydrogen-bond donors (Lipinski definition) is 3. The molecule has 4 N–H and O–H groups in total. The average molecular weight is 535 g/mol. The van der Waals surface area contributed by atoms with Gasteiger partial charge in [-0.1, -0.05) is 35.3 Å². The van der Waals surface area contributed by atoms with E-state index in [1.54, 1.807) is 30.3 Å². The van der Waals surface area contributed by atoms with Gasteiger partial charge in [0.15, 0.2) is 0 Å². The van der Waals surface area contributed by atoms with Gasteiger partial charge < -0.3 is 21.1 Å². The van der Waals surface area contributed by atoms with Crippen LogP contribution in [-0.4, -0.2) is 21.0 Å². The third-order valence-electron chi connectivity index (χ3n) is 4.69. The first kappa shape index (κ1) is 25.0. The maximum absolute atomic E-state index is 12.9. The first-order valence-electron chi connectivity index (χ1n) is 10.0. The van der Waals surface area contributed by atoms with Crippen molar-refractivity contribution in [3.8, 4) is 22.9 Å². The smallest absolute Gasteiger partial charge is 0.416 e. The number of anilines is 3. The summed E-state index contributed by atoms with van der Waals surface area (Å²) in [4.78, 5) is 24.2. The first-order chi connectivity index (χ1) is 17.1. The standard InChI is InChI=1S/C23H15Cl2F3N6O2/c24-14-8-17(20(29)30-9-14)12-1-4-16(5-2-12)36-22-31-10-15(11-32-22)33-21(35)34-19-7-13(23(26,27)28)3-6-18(19)25/h1-11H,(H2,29,30)(H2,33,34,35). The normalized spacial score (nSPS) is 11.1. The lowest BCUT2D eigenvalue weighted by atomic mass is 10.1. The zero-order valence-corrected chi connectivity index (χ0v) is 19.5. The lowest BCUT2D eigenvalue weighted by Gasteiger charge is -2.12. The highest BCUT2D eigenvalue weighted by Crippen LogP contribution is 2.34. The molecule has 184 valence electrons. The fraction of sp³-hybridized carbons (Fsp3) is 0.0435. The van der Waals surface area contributed by atoms with E-state index in [0.717, 1.165) is 23.8 Å². The van der Waals surface area contributed by atoms with Crippen LogP contribution in [0.15, 0.2) is 67.1 Å². The van der Waals surface area contributed by atoms with Crippen LogP contribution in [0.2, 0.25) is 10.0 Å². The molecule has 2 aromatic heterocycles. The number of hydrogen-bond acceptors (Lipinski definition) is 6. The Morgan fingerprint density at radius 1 is 0.917 bits per heavy atom. The second-order valence-corrected chi connectivity index (χ2v) is 8.08. The number of halogens is 5. The zero-order chi connectivity index (χ0) is 25.9. The number of nitrogens with two attached hydrogens (primary N) is 1. The van der Waals surface area contributed by atoms with Crippen molar-refractivity contribution in [2.45, 2.75) is 6.18 Å². The highest BCUT2D eigenvalue weighted by atomic mass is 35.5. The van der Waals surface area contributed by atoms with E-state index in [4.69, 9.17) is 33.7 Å². The van der Waals surface area contributed by atoms with Crippen molar-refractivity contribution in [3.63, 3.8) is 0 Å². The van der Waals surface area contributed by atoms with Crippen LogP contribution in [0, 0.1) is 0 Å². The van der Waals surface area contributed by atoms with Gasteiger partial charge in [0, 0.05) is 11.8 Å². The number of urea groups is 1. The van der Waals surface area contributed by atoms with E-state index >= 15 is 0 Å². The molecule has 2 amide bonds. The molecule has 2 heterocycles. The van der Waals surface area contributed by atoms with Gasteiger partial charge >= 0.3 is 18.2 Å². The third kappa shape index (κ3) is 6.12. The summed E-state index contributed by atoms with van der Waals surface area (Å²) in [6.07, 6.45) is -0.593. The molecular formula is C23H15Cl2F3N6O2. The van der Waals surface area contributed by atoms with Gasteiger partial charge in [0.05, 0.1) is 39.4 Å². The molecule has 0 radical (unpaired) electrons. The number of ether oxygens (including phenoxy) is 1. The van der Waals surface area contributed by atoms with Gasteiger partial charge in [-0.05, 0) is 42.0 Å². The summed E-state index contributed by atoms with van der Waals surface area (Å²) in [6.45, 7) is 0. The van der Waals surface area contributed by atoms with Crippen molar-refractivity contribution in [1.29, 1.82) is 0 Å². The number of benzene rings is 2. The van der Waals surface area contributed by atoms with E-state index in [1.165, 1.54) is 18.6 Å². The van der Waals surface area contributed by atoms with Crippen LogP contribution in [0.3, 0.4) is 0 Å². The molecule has 0 unspecified atom stereocenters. The number of alkyl halides is 3. The molecule has 0 spiro atoms. The molecule has 4 rings (SSSR count). The zero-order valence-electron chi connectivity index (χ0n) is 18.0. The molecule has 4 aromatic rings. The van der Waals surface area contributed by atoms with Gasteiger partial charge in [0.2, 0.25) is 0 Å². The van der Waals surface area contributed by atoms with Crippen LogP contribution in [0.1, 0.15) is 5.56 Å². The lowest BCUT2D eigenvalue weighted by molar-refractivity contribution is -0.137. The fourth-order valence-corrected chi connectivity index (χ4v) is 3.33. The van der Waals surface area contributed by atoms with Crippen LogP contribution < -0.4 is 21.1 Å². The predicted molar refractivity (Wildman–Crippen MR) is 130 cm³/mol. The van der Waals surface area contributed by atoms with E-state index in [0.29, 0.717) is 22.2 Å². The molecule has 0 saturated heterocycles. The van der Waals surface area contributed by atoms with Gasteiger partial charge in [0.1, 0.15) is 11.6 Å². The monoisotopic (exact) mass is 534 g/mol. The fourth-order valence-electron chi connectivity index (χ4n) is 3.00. The molecular weight excluding hydrogens is 520 g/mol. The van der Waals surface area contributed by atoms with Crippen LogP contribution in [-0.2, 0) is 6.18 Å². The van der Waals surface area contributed by atoms with Crippen LogP contribution in [0.5, 0.6) is 11.8 Å². The number of nitrogen functional groups attached to an aromatic ring is 1. The highest BCUT2D eigenvalue weighted by molar-refractivity contribution is 6.33. The Balaban J connectivity index is 1.38. The minimum atomic E-state index is -4.58. The number of aromatic nitrogens is 3. The maximum Gasteiger partial charge on any atom is 0.416 e. The Morgan fingerprint density at radius 2 is 1.61 bits per heavy atom. The van der Waals surface area contributed by atoms with Crippen molar-refractivity contribution in [2.24, 2.45) is 0 Å². The molecule has 0 aliphatic heterocycles. The van der Waals surface area contributed by atoms with E-state index < -0.39 is 17.8 Å². The Bertz CT molecular complexity index is 1400. The predicted octanol–water partition coefficient (Wildman–Crippen LogP) is 6.88. The largest absolute Gasteiger partial charge is 0.424 e. The number of amides is 2. The van der Waals surface area contributed by atoms with E-state index in [-0.39, 0.29) is 22.4 Å². The summed E-state index contributed by atoms with van der Waals surface area (Å²) in [5, 5.41) is 5.06. The van der Waals surface area contributed by atoms with E-state index in [2.05, 4.69) is 25.6 Å². The van der Waals surface area contributed by atoms with Crippen molar-refractivity contribution in [3.05, 3.63) is 82.7 Å². The molecule has 0 atom stereocenters. The van der Waals surface area contributed by atoms with Gasteiger partial charge in [-0.2, -0.15) is 13.2 Å². The van der Waals surface area contributed by atoms with Crippen molar-refractivity contribution in [1.82, 2.24) is 15.0 Å². The molecule has 0 aliphatic rings. The minimum Gasteiger partial charge on any atom is -0.424 e. The Labute approximate surface area is 212 Å². The first-order valence-corrected chi connectivity index (χ1v) is 10.8. The number of carbonyl (C=O) groups is 1. The number of nitrogens with zero attached hydrogens (tertiary/aromatic N) is 3. The number of pyridine rings is 1. The second kappa shape index (κ2) is 10.3. The third-order valence-corrected chi connectivity index (χ3v) is 5.22. The molecule has 36 heavy (non-hydrogen) atoms. The van der Waals surface area contributed by atoms with Crippen LogP contribution >= 0.6 is 23.2 Å². The topological polar surface area (TPSA) is 115 Å². The lowest BCUT2D eigenvalue weighted by Crippen LogP contribution is -2.20. The Morgan fingerprint density at radius 3 is 2.28 bits per heavy atom. The van der Waals surface area contributed by atoms with Gasteiger partial charge in [-0.25, -0.2) is 19.7 Å². The molecule has 2 aromatic carbocycles. The second-order valence-electron chi connectivity index (χ2n) is 7.24. The summed E-state index contributed by atoms with van der Waals surface area (Å²) in [7, 11) is 0. The van der Waals surface area contributed by atoms with Gasteiger partial charge in [-0.15, -0.1) is 0 Å². The van der Waals surface area contributed by atoms with Crippen molar-refractivity contribution < 1.29 is 22.7 Å². The number of nitrogens with one attached hydrogen (secondary N) is 2.